The number of carbonyl (C=O) groups excluding carboxylic acids is 3. The Morgan fingerprint density at radius 3 is 2.42 bits per heavy atom. The first-order valence-corrected chi connectivity index (χ1v) is 3.71. The zero-order valence-electron chi connectivity index (χ0n) is 6.59. The number of rotatable bonds is 0. The van der Waals surface area contributed by atoms with Crippen molar-refractivity contribution >= 4 is 17.8 Å². The Bertz CT molecular complexity index is 293. The summed E-state index contributed by atoms with van der Waals surface area (Å²) in [4.78, 5) is 34.4. The summed E-state index contributed by atoms with van der Waals surface area (Å²) < 4.78 is 0. The molecule has 1 N–H and O–H groups in total. The Kier molecular flexibility index (Phi) is 1.12. The molecule has 1 aliphatic carbocycles. The van der Waals surface area contributed by atoms with Gasteiger partial charge in [-0.3, -0.25) is 19.8 Å². The Morgan fingerprint density at radius 1 is 1.33 bits per heavy atom. The third-order valence-electron chi connectivity index (χ3n) is 2.42. The lowest BCUT2D eigenvalue weighted by atomic mass is 10.0. The third kappa shape index (κ3) is 0.654. The summed E-state index contributed by atoms with van der Waals surface area (Å²) in [5, 5.41) is 2.14. The van der Waals surface area contributed by atoms with E-state index in [9.17, 15) is 14.4 Å². The van der Waals surface area contributed by atoms with E-state index in [1.165, 1.54) is 7.05 Å². The maximum Gasteiger partial charge on any atom is 0.330 e. The van der Waals surface area contributed by atoms with E-state index >= 15 is 0 Å². The summed E-state index contributed by atoms with van der Waals surface area (Å²) in [5.74, 6) is -0.799. The van der Waals surface area contributed by atoms with Crippen LogP contribution in [-0.4, -0.2) is 29.8 Å². The molecule has 0 radical (unpaired) electrons. The van der Waals surface area contributed by atoms with Gasteiger partial charge < -0.3 is 0 Å². The van der Waals surface area contributed by atoms with E-state index in [2.05, 4.69) is 5.32 Å². The van der Waals surface area contributed by atoms with Gasteiger partial charge in [-0.05, 0) is 12.8 Å². The molecule has 1 heterocycles. The van der Waals surface area contributed by atoms with Crippen LogP contribution in [0.25, 0.3) is 0 Å². The lowest BCUT2D eigenvalue weighted by molar-refractivity contribution is -0.143. The van der Waals surface area contributed by atoms with Crippen molar-refractivity contribution in [3.05, 3.63) is 0 Å². The van der Waals surface area contributed by atoms with Crippen LogP contribution in [0.2, 0.25) is 0 Å². The summed E-state index contributed by atoms with van der Waals surface area (Å²) in [6.07, 6.45) is 1.13. The van der Waals surface area contributed by atoms with Crippen LogP contribution in [0.3, 0.4) is 0 Å². The number of barbiturate groups is 1. The molecule has 5 heteroatoms. The molecule has 4 amide bonds. The summed E-state index contributed by atoms with van der Waals surface area (Å²) in [6, 6.07) is -0.623. The number of amides is 4. The Labute approximate surface area is 68.7 Å². The molecule has 2 fully saturated rings. The standard InChI is InChI=1S/C7H8N2O3/c1-9-5(11)7(2-3-7)4(10)8-6(9)12/h2-3H2,1H3,(H,8,10,12). The smallest absolute Gasteiger partial charge is 0.277 e. The van der Waals surface area contributed by atoms with Crippen molar-refractivity contribution in [3.63, 3.8) is 0 Å². The minimum atomic E-state index is -0.886. The summed E-state index contributed by atoms with van der Waals surface area (Å²) >= 11 is 0. The Morgan fingerprint density at radius 2 is 1.92 bits per heavy atom. The molecule has 1 saturated carbocycles. The van der Waals surface area contributed by atoms with Crippen molar-refractivity contribution in [1.29, 1.82) is 0 Å². The summed E-state index contributed by atoms with van der Waals surface area (Å²) in [7, 11) is 1.38. The highest BCUT2D eigenvalue weighted by molar-refractivity contribution is 6.20. The molecule has 5 nitrogen and oxygen atoms in total. The number of nitrogens with zero attached hydrogens (tertiary/aromatic N) is 1. The van der Waals surface area contributed by atoms with Gasteiger partial charge in [0, 0.05) is 7.05 Å². The molecule has 0 aromatic heterocycles. The average Bonchev–Trinajstić information content (AvgIpc) is 2.79. The van der Waals surface area contributed by atoms with Crippen molar-refractivity contribution in [2.45, 2.75) is 12.8 Å². The molecular formula is C7H8N2O3. The van der Waals surface area contributed by atoms with Gasteiger partial charge in [-0.2, -0.15) is 0 Å². The number of hydrogen-bond donors (Lipinski definition) is 1. The van der Waals surface area contributed by atoms with E-state index in [0.717, 1.165) is 4.90 Å². The lowest BCUT2D eigenvalue weighted by Gasteiger charge is -2.26. The molecule has 1 saturated heterocycles. The van der Waals surface area contributed by atoms with E-state index in [1.54, 1.807) is 0 Å². The van der Waals surface area contributed by atoms with E-state index in [0.29, 0.717) is 12.8 Å². The van der Waals surface area contributed by atoms with Gasteiger partial charge in [-0.25, -0.2) is 4.79 Å². The molecule has 1 aliphatic heterocycles. The van der Waals surface area contributed by atoms with Crippen molar-refractivity contribution in [3.8, 4) is 0 Å². The topological polar surface area (TPSA) is 66.5 Å². The monoisotopic (exact) mass is 168 g/mol. The van der Waals surface area contributed by atoms with Gasteiger partial charge in [0.15, 0.2) is 0 Å². The molecular weight excluding hydrogens is 160 g/mol. The zero-order chi connectivity index (χ0) is 8.93. The van der Waals surface area contributed by atoms with Crippen LogP contribution in [0.5, 0.6) is 0 Å². The quantitative estimate of drug-likeness (QED) is 0.494. The SMILES string of the molecule is CN1C(=O)NC(=O)C2(CC2)C1=O. The van der Waals surface area contributed by atoms with Crippen molar-refractivity contribution in [2.75, 3.05) is 7.05 Å². The molecule has 64 valence electrons. The zero-order valence-corrected chi connectivity index (χ0v) is 6.59. The second-order valence-corrected chi connectivity index (χ2v) is 3.21. The summed E-state index contributed by atoms with van der Waals surface area (Å²) in [6.45, 7) is 0. The fraction of sp³-hybridized carbons (Fsp3) is 0.571. The Hall–Kier alpha value is -1.39. The Balaban J connectivity index is 2.35. The van der Waals surface area contributed by atoms with Crippen molar-refractivity contribution < 1.29 is 14.4 Å². The van der Waals surface area contributed by atoms with Gasteiger partial charge in [-0.1, -0.05) is 0 Å². The molecule has 0 bridgehead atoms. The largest absolute Gasteiger partial charge is 0.330 e. The van der Waals surface area contributed by atoms with E-state index in [1.807, 2.05) is 0 Å². The number of hydrogen-bond acceptors (Lipinski definition) is 3. The van der Waals surface area contributed by atoms with Gasteiger partial charge in [0.25, 0.3) is 0 Å². The molecule has 1 spiro atoms. The van der Waals surface area contributed by atoms with E-state index in [-0.39, 0.29) is 5.91 Å². The van der Waals surface area contributed by atoms with Crippen molar-refractivity contribution in [2.24, 2.45) is 5.41 Å². The first-order chi connectivity index (χ1) is 5.58. The predicted molar refractivity (Wildman–Crippen MR) is 38.0 cm³/mol. The van der Waals surface area contributed by atoms with E-state index < -0.39 is 17.4 Å². The van der Waals surface area contributed by atoms with Crippen LogP contribution in [0.4, 0.5) is 4.79 Å². The third-order valence-corrected chi connectivity index (χ3v) is 2.42. The first kappa shape index (κ1) is 7.27. The van der Waals surface area contributed by atoms with Gasteiger partial charge in [0.05, 0.1) is 0 Å². The van der Waals surface area contributed by atoms with Gasteiger partial charge in [0.1, 0.15) is 5.41 Å². The van der Waals surface area contributed by atoms with Crippen LogP contribution in [-0.2, 0) is 9.59 Å². The van der Waals surface area contributed by atoms with Gasteiger partial charge in [-0.15, -0.1) is 0 Å². The highest BCUT2D eigenvalue weighted by atomic mass is 16.2. The highest BCUT2D eigenvalue weighted by Gasteiger charge is 2.61. The van der Waals surface area contributed by atoms with Crippen LogP contribution >= 0.6 is 0 Å². The molecule has 2 rings (SSSR count). The van der Waals surface area contributed by atoms with Crippen LogP contribution in [0.15, 0.2) is 0 Å². The average molecular weight is 168 g/mol. The maximum atomic E-state index is 11.4. The highest BCUT2D eigenvalue weighted by Crippen LogP contribution is 2.48. The summed E-state index contributed by atoms with van der Waals surface area (Å²) in [5.41, 5.74) is -0.886. The van der Waals surface area contributed by atoms with E-state index in [4.69, 9.17) is 0 Å². The van der Waals surface area contributed by atoms with Crippen LogP contribution < -0.4 is 5.32 Å². The maximum absolute atomic E-state index is 11.4. The minimum absolute atomic E-state index is 0.365. The first-order valence-electron chi connectivity index (χ1n) is 3.71. The van der Waals surface area contributed by atoms with Gasteiger partial charge >= 0.3 is 6.03 Å². The van der Waals surface area contributed by atoms with Crippen LogP contribution in [0.1, 0.15) is 12.8 Å². The molecule has 0 aromatic rings. The minimum Gasteiger partial charge on any atom is -0.277 e. The molecule has 0 aromatic carbocycles. The normalized spacial score (nSPS) is 26.1. The predicted octanol–water partition coefficient (Wildman–Crippen LogP) is -0.525. The van der Waals surface area contributed by atoms with Crippen molar-refractivity contribution in [1.82, 2.24) is 10.2 Å². The number of urea groups is 1. The second kappa shape index (κ2) is 1.85. The lowest BCUT2D eigenvalue weighted by Crippen LogP contribution is -2.57. The molecule has 0 unspecified atom stereocenters. The fourth-order valence-corrected chi connectivity index (χ4v) is 1.38. The number of carbonyl (C=O) groups is 3. The second-order valence-electron chi connectivity index (χ2n) is 3.21. The molecule has 12 heavy (non-hydrogen) atoms. The van der Waals surface area contributed by atoms with Gasteiger partial charge in [0.2, 0.25) is 11.8 Å². The molecule has 0 atom stereocenters. The van der Waals surface area contributed by atoms with Crippen LogP contribution in [0, 0.1) is 5.41 Å². The number of nitrogens with one attached hydrogen (secondary N) is 1. The molecule has 2 aliphatic rings. The number of imide groups is 2. The fourth-order valence-electron chi connectivity index (χ4n) is 1.38.